The Morgan fingerprint density at radius 3 is 2.46 bits per heavy atom. The highest BCUT2D eigenvalue weighted by atomic mass is 16.5. The van der Waals surface area contributed by atoms with Gasteiger partial charge >= 0.3 is 0 Å². The Kier molecular flexibility index (Phi) is 5.44. The predicted octanol–water partition coefficient (Wildman–Crippen LogP) is 4.02. The van der Waals surface area contributed by atoms with E-state index >= 15 is 0 Å². The van der Waals surface area contributed by atoms with Crippen molar-refractivity contribution in [3.63, 3.8) is 0 Å². The van der Waals surface area contributed by atoms with Gasteiger partial charge in [-0.3, -0.25) is 9.69 Å². The quantitative estimate of drug-likeness (QED) is 0.788. The molecule has 0 spiro atoms. The molecular formula is C23H31N3O2. The molecule has 5 nitrogen and oxygen atoms in total. The number of likely N-dealkylation sites (tertiary alicyclic amines) is 1. The number of methoxy groups -OCH3 is 1. The second-order valence-corrected chi connectivity index (χ2v) is 8.13. The molecule has 1 atom stereocenters. The largest absolute Gasteiger partial charge is 0.497 e. The normalized spacial score (nSPS) is 18.2. The van der Waals surface area contributed by atoms with Crippen LogP contribution in [0.1, 0.15) is 65.1 Å². The Morgan fingerprint density at radius 2 is 1.86 bits per heavy atom. The number of carbonyl (C=O) groups excluding carboxylic acids is 1. The van der Waals surface area contributed by atoms with Crippen molar-refractivity contribution in [2.75, 3.05) is 26.7 Å². The maximum Gasteiger partial charge on any atom is 0.253 e. The molecule has 2 heterocycles. The standard InChI is InChI=1S/C23H31N3O2/c1-16-14-21(17(2)26(16)19-8-9-19)23(27)24-15-22(25-12-4-5-13-25)18-6-10-20(28-3)11-7-18/h6-7,10-11,14,19,22H,4-5,8-9,12-13,15H2,1-3H3,(H,24,27)/t22-/m1/s1. The lowest BCUT2D eigenvalue weighted by Gasteiger charge is -2.28. The molecule has 1 aliphatic heterocycles. The van der Waals surface area contributed by atoms with Crippen LogP contribution in [0.4, 0.5) is 0 Å². The van der Waals surface area contributed by atoms with E-state index in [4.69, 9.17) is 4.74 Å². The number of carbonyl (C=O) groups is 1. The van der Waals surface area contributed by atoms with E-state index in [1.165, 1.54) is 36.9 Å². The minimum absolute atomic E-state index is 0.0395. The van der Waals surface area contributed by atoms with Crippen LogP contribution >= 0.6 is 0 Å². The Balaban J connectivity index is 1.49. The van der Waals surface area contributed by atoms with Crippen LogP contribution in [0.25, 0.3) is 0 Å². The summed E-state index contributed by atoms with van der Waals surface area (Å²) in [6.07, 6.45) is 4.91. The fraction of sp³-hybridized carbons (Fsp3) is 0.522. The van der Waals surface area contributed by atoms with Gasteiger partial charge in [0.2, 0.25) is 0 Å². The maximum absolute atomic E-state index is 13.0. The van der Waals surface area contributed by atoms with E-state index in [0.717, 1.165) is 30.1 Å². The summed E-state index contributed by atoms with van der Waals surface area (Å²) in [5, 5.41) is 3.22. The fourth-order valence-electron chi connectivity index (χ4n) is 4.52. The SMILES string of the molecule is COc1ccc([C@@H](CNC(=O)c2cc(C)n(C3CC3)c2C)N2CCCC2)cc1. The Morgan fingerprint density at radius 1 is 1.18 bits per heavy atom. The second-order valence-electron chi connectivity index (χ2n) is 8.13. The van der Waals surface area contributed by atoms with E-state index in [0.29, 0.717) is 12.6 Å². The molecule has 0 radical (unpaired) electrons. The maximum atomic E-state index is 13.0. The monoisotopic (exact) mass is 381 g/mol. The third kappa shape index (κ3) is 3.81. The van der Waals surface area contributed by atoms with Crippen molar-refractivity contribution >= 4 is 5.91 Å². The number of benzene rings is 1. The Labute approximate surface area is 167 Å². The van der Waals surface area contributed by atoms with E-state index in [9.17, 15) is 4.79 Å². The molecule has 150 valence electrons. The number of hydrogen-bond donors (Lipinski definition) is 1. The minimum Gasteiger partial charge on any atom is -0.497 e. The molecule has 0 bridgehead atoms. The van der Waals surface area contributed by atoms with Crippen molar-refractivity contribution in [2.24, 2.45) is 0 Å². The number of aromatic nitrogens is 1. The number of ether oxygens (including phenoxy) is 1. The minimum atomic E-state index is 0.0395. The molecule has 1 aromatic heterocycles. The zero-order valence-corrected chi connectivity index (χ0v) is 17.2. The van der Waals surface area contributed by atoms with Gasteiger partial charge in [0.1, 0.15) is 5.75 Å². The van der Waals surface area contributed by atoms with Crippen LogP contribution in [0, 0.1) is 13.8 Å². The van der Waals surface area contributed by atoms with E-state index in [1.54, 1.807) is 7.11 Å². The summed E-state index contributed by atoms with van der Waals surface area (Å²) in [5.74, 6) is 0.901. The van der Waals surface area contributed by atoms with Crippen LogP contribution in [0.5, 0.6) is 5.75 Å². The van der Waals surface area contributed by atoms with Gasteiger partial charge in [-0.2, -0.15) is 0 Å². The smallest absolute Gasteiger partial charge is 0.253 e. The van der Waals surface area contributed by atoms with Gasteiger partial charge < -0.3 is 14.6 Å². The molecule has 1 saturated heterocycles. The number of nitrogens with one attached hydrogen (secondary N) is 1. The van der Waals surface area contributed by atoms with Crippen LogP contribution in [0.3, 0.4) is 0 Å². The van der Waals surface area contributed by atoms with Crippen LogP contribution < -0.4 is 10.1 Å². The summed E-state index contributed by atoms with van der Waals surface area (Å²) in [6, 6.07) is 11.1. The average Bonchev–Trinajstić information content (AvgIpc) is 3.29. The predicted molar refractivity (Wildman–Crippen MR) is 111 cm³/mol. The summed E-state index contributed by atoms with van der Waals surface area (Å²) in [5.41, 5.74) is 4.34. The van der Waals surface area contributed by atoms with Crippen molar-refractivity contribution < 1.29 is 9.53 Å². The van der Waals surface area contributed by atoms with Crippen molar-refractivity contribution in [1.29, 1.82) is 0 Å². The molecular weight excluding hydrogens is 350 g/mol. The molecule has 2 aromatic rings. The van der Waals surface area contributed by atoms with Gasteiger partial charge in [-0.05, 0) is 76.4 Å². The fourth-order valence-corrected chi connectivity index (χ4v) is 4.52. The molecule has 1 saturated carbocycles. The van der Waals surface area contributed by atoms with Crippen molar-refractivity contribution in [1.82, 2.24) is 14.8 Å². The summed E-state index contributed by atoms with van der Waals surface area (Å²) >= 11 is 0. The first-order valence-electron chi connectivity index (χ1n) is 10.4. The van der Waals surface area contributed by atoms with Gasteiger partial charge in [-0.25, -0.2) is 0 Å². The zero-order valence-electron chi connectivity index (χ0n) is 17.2. The van der Waals surface area contributed by atoms with E-state index in [1.807, 2.05) is 18.2 Å². The van der Waals surface area contributed by atoms with Gasteiger partial charge in [-0.1, -0.05) is 12.1 Å². The molecule has 1 N–H and O–H groups in total. The average molecular weight is 382 g/mol. The van der Waals surface area contributed by atoms with Gasteiger partial charge in [0.15, 0.2) is 0 Å². The Bertz CT molecular complexity index is 830. The molecule has 1 amide bonds. The lowest BCUT2D eigenvalue weighted by Crippen LogP contribution is -2.37. The van der Waals surface area contributed by atoms with Crippen LogP contribution in [0.2, 0.25) is 0 Å². The topological polar surface area (TPSA) is 46.5 Å². The van der Waals surface area contributed by atoms with E-state index < -0.39 is 0 Å². The highest BCUT2D eigenvalue weighted by Gasteiger charge is 2.29. The molecule has 2 aliphatic rings. The molecule has 2 fully saturated rings. The molecule has 4 rings (SSSR count). The highest BCUT2D eigenvalue weighted by Crippen LogP contribution is 2.38. The molecule has 1 aliphatic carbocycles. The molecule has 5 heteroatoms. The van der Waals surface area contributed by atoms with E-state index in [-0.39, 0.29) is 11.9 Å². The van der Waals surface area contributed by atoms with Crippen molar-refractivity contribution in [2.45, 2.75) is 51.6 Å². The van der Waals surface area contributed by atoms with Gasteiger partial charge in [0.25, 0.3) is 5.91 Å². The first-order chi connectivity index (χ1) is 13.6. The number of hydrogen-bond acceptors (Lipinski definition) is 3. The summed E-state index contributed by atoms with van der Waals surface area (Å²) in [4.78, 5) is 15.4. The second kappa shape index (κ2) is 8.00. The first kappa shape index (κ1) is 19.1. The number of rotatable bonds is 7. The summed E-state index contributed by atoms with van der Waals surface area (Å²) < 4.78 is 7.63. The van der Waals surface area contributed by atoms with Crippen molar-refractivity contribution in [3.05, 3.63) is 52.8 Å². The van der Waals surface area contributed by atoms with Crippen LogP contribution in [-0.2, 0) is 0 Å². The Hall–Kier alpha value is -2.27. The molecule has 1 aromatic carbocycles. The van der Waals surface area contributed by atoms with Gasteiger partial charge in [0.05, 0.1) is 18.7 Å². The third-order valence-corrected chi connectivity index (χ3v) is 6.18. The van der Waals surface area contributed by atoms with Crippen LogP contribution in [0.15, 0.2) is 30.3 Å². The number of nitrogens with zero attached hydrogens (tertiary/aromatic N) is 2. The first-order valence-corrected chi connectivity index (χ1v) is 10.4. The van der Waals surface area contributed by atoms with Gasteiger partial charge in [0, 0.05) is 24.0 Å². The zero-order chi connectivity index (χ0) is 19.7. The van der Waals surface area contributed by atoms with Gasteiger partial charge in [-0.15, -0.1) is 0 Å². The highest BCUT2D eigenvalue weighted by molar-refractivity contribution is 5.95. The molecule has 0 unspecified atom stereocenters. The third-order valence-electron chi connectivity index (χ3n) is 6.18. The molecule has 28 heavy (non-hydrogen) atoms. The lowest BCUT2D eigenvalue weighted by molar-refractivity contribution is 0.0937. The number of aryl methyl sites for hydroxylation is 1. The summed E-state index contributed by atoms with van der Waals surface area (Å²) in [7, 11) is 1.69. The number of amides is 1. The van der Waals surface area contributed by atoms with Crippen molar-refractivity contribution in [3.8, 4) is 5.75 Å². The lowest BCUT2D eigenvalue weighted by atomic mass is 10.0. The summed E-state index contributed by atoms with van der Waals surface area (Å²) in [6.45, 7) is 6.97. The van der Waals surface area contributed by atoms with Crippen LogP contribution in [-0.4, -0.2) is 42.1 Å². The van der Waals surface area contributed by atoms with E-state index in [2.05, 4.69) is 40.8 Å².